The molecule has 0 bridgehead atoms. The van der Waals surface area contributed by atoms with Crippen LogP contribution in [0.3, 0.4) is 0 Å². The van der Waals surface area contributed by atoms with Gasteiger partial charge in [0.25, 0.3) is 0 Å². The second-order valence-corrected chi connectivity index (χ2v) is 16.1. The molecule has 0 aliphatic carbocycles. The molecule has 1 aliphatic rings. The van der Waals surface area contributed by atoms with Gasteiger partial charge in [0, 0.05) is 37.3 Å². The van der Waals surface area contributed by atoms with Gasteiger partial charge >= 0.3 is 0 Å². The van der Waals surface area contributed by atoms with E-state index in [0.717, 1.165) is 32.0 Å². The van der Waals surface area contributed by atoms with Crippen LogP contribution in [0, 0.1) is 6.92 Å². The highest BCUT2D eigenvalue weighted by Gasteiger charge is 2.46. The van der Waals surface area contributed by atoms with E-state index in [-0.39, 0.29) is 0 Å². The minimum absolute atomic E-state index is 0.654. The molecule has 1 aliphatic heterocycles. The van der Waals surface area contributed by atoms with Gasteiger partial charge in [-0.25, -0.2) is 4.98 Å². The molecule has 0 radical (unpaired) electrons. The molecular formula is C27H40N4Si. The maximum atomic E-state index is 5.29. The van der Waals surface area contributed by atoms with Crippen molar-refractivity contribution in [2.75, 3.05) is 36.0 Å². The van der Waals surface area contributed by atoms with Crippen LogP contribution in [0.25, 0.3) is 11.0 Å². The van der Waals surface area contributed by atoms with Crippen LogP contribution in [0.1, 0.15) is 47.1 Å². The fourth-order valence-electron chi connectivity index (χ4n) is 6.42. The second kappa shape index (κ2) is 8.93. The van der Waals surface area contributed by atoms with Crippen molar-refractivity contribution in [3.05, 3.63) is 54.2 Å². The van der Waals surface area contributed by atoms with Gasteiger partial charge in [-0.2, -0.15) is 0 Å². The third-order valence-electron chi connectivity index (χ3n) is 7.77. The third-order valence-corrected chi connectivity index (χ3v) is 14.5. The van der Waals surface area contributed by atoms with Crippen molar-refractivity contribution in [3.8, 4) is 0 Å². The summed E-state index contributed by atoms with van der Waals surface area (Å²) in [5.74, 6) is 1.13. The fourth-order valence-corrected chi connectivity index (χ4v) is 13.0. The van der Waals surface area contributed by atoms with Crippen LogP contribution in [-0.2, 0) is 0 Å². The predicted octanol–water partition coefficient (Wildman–Crippen LogP) is 6.69. The minimum atomic E-state index is -1.82. The van der Waals surface area contributed by atoms with Gasteiger partial charge in [-0.1, -0.05) is 59.7 Å². The van der Waals surface area contributed by atoms with Gasteiger partial charge in [0.05, 0.1) is 0 Å². The number of para-hydroxylation sites is 1. The number of nitrogens with zero attached hydrogens (tertiary/aromatic N) is 4. The average Bonchev–Trinajstić information content (AvgIpc) is 3.17. The van der Waals surface area contributed by atoms with E-state index >= 15 is 0 Å². The summed E-state index contributed by atoms with van der Waals surface area (Å²) in [6.45, 7) is 20.8. The van der Waals surface area contributed by atoms with E-state index in [4.69, 9.17) is 4.98 Å². The van der Waals surface area contributed by atoms with E-state index in [1.807, 2.05) is 0 Å². The zero-order valence-electron chi connectivity index (χ0n) is 21.0. The minimum Gasteiger partial charge on any atom is -0.368 e. The lowest BCUT2D eigenvalue weighted by Gasteiger charge is -2.44. The normalized spacial score (nSPS) is 15.6. The summed E-state index contributed by atoms with van der Waals surface area (Å²) in [6.07, 6.45) is 2.34. The molecular weight excluding hydrogens is 408 g/mol. The largest absolute Gasteiger partial charge is 0.368 e. The summed E-state index contributed by atoms with van der Waals surface area (Å²) in [4.78, 5) is 10.3. The molecule has 3 aromatic rings. The molecule has 0 saturated carbocycles. The highest BCUT2D eigenvalue weighted by Crippen LogP contribution is 2.44. The Labute approximate surface area is 195 Å². The molecule has 0 spiro atoms. The van der Waals surface area contributed by atoms with Gasteiger partial charge < -0.3 is 14.0 Å². The summed E-state index contributed by atoms with van der Waals surface area (Å²) in [5.41, 5.74) is 5.87. The van der Waals surface area contributed by atoms with E-state index in [1.54, 1.807) is 0 Å². The number of hydrogen-bond donors (Lipinski definition) is 0. The Hall–Kier alpha value is -2.27. The maximum absolute atomic E-state index is 5.29. The van der Waals surface area contributed by atoms with Crippen molar-refractivity contribution in [1.82, 2.24) is 9.22 Å². The quantitative estimate of drug-likeness (QED) is 0.392. The second-order valence-electron chi connectivity index (χ2n) is 10.4. The topological polar surface area (TPSA) is 24.3 Å². The Morgan fingerprint density at radius 1 is 0.750 bits per heavy atom. The molecule has 1 aromatic carbocycles. The Morgan fingerprint density at radius 2 is 1.34 bits per heavy atom. The summed E-state index contributed by atoms with van der Waals surface area (Å²) in [7, 11) is -1.82. The number of pyridine rings is 1. The molecule has 0 amide bonds. The first-order valence-corrected chi connectivity index (χ1v) is 14.5. The highest BCUT2D eigenvalue weighted by molar-refractivity contribution is 6.82. The van der Waals surface area contributed by atoms with Crippen LogP contribution in [-0.4, -0.2) is 43.6 Å². The molecule has 5 heteroatoms. The SMILES string of the molecule is Cc1ccccc1N1CCN(c2ccc3ccn([Si](C(C)C)(C(C)C)C(C)C)c3n2)CC1. The Balaban J connectivity index is 1.64. The molecule has 1 fully saturated rings. The van der Waals surface area contributed by atoms with Crippen molar-refractivity contribution in [2.45, 2.75) is 65.1 Å². The van der Waals surface area contributed by atoms with E-state index in [0.29, 0.717) is 16.6 Å². The lowest BCUT2D eigenvalue weighted by atomic mass is 10.1. The van der Waals surface area contributed by atoms with Crippen LogP contribution >= 0.6 is 0 Å². The Morgan fingerprint density at radius 3 is 1.94 bits per heavy atom. The summed E-state index contributed by atoms with van der Waals surface area (Å²) in [5, 5.41) is 1.27. The first kappa shape index (κ1) is 22.9. The van der Waals surface area contributed by atoms with E-state index < -0.39 is 8.24 Å². The number of rotatable bonds is 6. The van der Waals surface area contributed by atoms with Crippen LogP contribution in [0.15, 0.2) is 48.7 Å². The zero-order chi connectivity index (χ0) is 23.0. The lowest BCUT2D eigenvalue weighted by Crippen LogP contribution is -2.51. The summed E-state index contributed by atoms with van der Waals surface area (Å²) in [6, 6.07) is 15.5. The number of benzene rings is 1. The Bertz CT molecular complexity index is 1040. The predicted molar refractivity (Wildman–Crippen MR) is 142 cm³/mol. The fraction of sp³-hybridized carbons (Fsp3) is 0.519. The van der Waals surface area contributed by atoms with Crippen molar-refractivity contribution in [3.63, 3.8) is 0 Å². The first-order chi connectivity index (χ1) is 15.3. The van der Waals surface area contributed by atoms with E-state index in [9.17, 15) is 0 Å². The number of aromatic nitrogens is 2. The lowest BCUT2D eigenvalue weighted by molar-refractivity contribution is 0.647. The van der Waals surface area contributed by atoms with Crippen molar-refractivity contribution in [1.29, 1.82) is 0 Å². The van der Waals surface area contributed by atoms with Gasteiger partial charge in [-0.15, -0.1) is 0 Å². The third kappa shape index (κ3) is 3.74. The van der Waals surface area contributed by atoms with Crippen LogP contribution < -0.4 is 9.80 Å². The Kier molecular flexibility index (Phi) is 6.39. The summed E-state index contributed by atoms with van der Waals surface area (Å²) >= 11 is 0. The molecule has 0 atom stereocenters. The van der Waals surface area contributed by atoms with Gasteiger partial charge in [-0.3, -0.25) is 0 Å². The number of anilines is 2. The summed E-state index contributed by atoms with van der Waals surface area (Å²) < 4.78 is 2.63. The molecule has 32 heavy (non-hydrogen) atoms. The zero-order valence-corrected chi connectivity index (χ0v) is 22.0. The van der Waals surface area contributed by atoms with Crippen molar-refractivity contribution >= 4 is 30.8 Å². The van der Waals surface area contributed by atoms with Crippen molar-refractivity contribution in [2.24, 2.45) is 0 Å². The molecule has 1 saturated heterocycles. The molecule has 4 nitrogen and oxygen atoms in total. The van der Waals surface area contributed by atoms with E-state index in [1.165, 1.54) is 22.3 Å². The van der Waals surface area contributed by atoms with Gasteiger partial charge in [0.2, 0.25) is 0 Å². The highest BCUT2D eigenvalue weighted by atomic mass is 28.3. The van der Waals surface area contributed by atoms with Crippen LogP contribution in [0.2, 0.25) is 16.6 Å². The van der Waals surface area contributed by atoms with Crippen LogP contribution in [0.5, 0.6) is 0 Å². The van der Waals surface area contributed by atoms with Gasteiger partial charge in [0.1, 0.15) is 11.5 Å². The molecule has 2 aromatic heterocycles. The standard InChI is InChI=1S/C27H40N4Si/c1-20(2)32(21(3)4,22(5)6)31-15-14-24-12-13-26(28-27(24)31)30-18-16-29(17-19-30)25-11-9-8-10-23(25)7/h8-15,20-22H,16-19H2,1-7H3. The van der Waals surface area contributed by atoms with Gasteiger partial charge in [-0.05, 0) is 59.6 Å². The number of piperazine rings is 1. The smallest absolute Gasteiger partial charge is 0.171 e. The number of fused-ring (bicyclic) bond motifs is 1. The maximum Gasteiger partial charge on any atom is 0.171 e. The number of hydrogen-bond acceptors (Lipinski definition) is 3. The van der Waals surface area contributed by atoms with E-state index in [2.05, 4.69) is 111 Å². The van der Waals surface area contributed by atoms with Crippen LogP contribution in [0.4, 0.5) is 11.5 Å². The molecule has 4 rings (SSSR count). The first-order valence-electron chi connectivity index (χ1n) is 12.3. The van der Waals surface area contributed by atoms with Gasteiger partial charge in [0.15, 0.2) is 8.24 Å². The molecule has 0 N–H and O–H groups in total. The number of aryl methyl sites for hydroxylation is 1. The molecule has 0 unspecified atom stereocenters. The molecule has 3 heterocycles. The van der Waals surface area contributed by atoms with Crippen molar-refractivity contribution < 1.29 is 0 Å². The average molecular weight is 449 g/mol. The molecule has 172 valence electrons. The monoisotopic (exact) mass is 448 g/mol.